The smallest absolute Gasteiger partial charge is 0.274 e. The van der Waals surface area contributed by atoms with E-state index in [1.54, 1.807) is 60.8 Å². The molecule has 0 atom stereocenters. The summed E-state index contributed by atoms with van der Waals surface area (Å²) >= 11 is 11.9. The van der Waals surface area contributed by atoms with E-state index in [2.05, 4.69) is 21.7 Å². The van der Waals surface area contributed by atoms with Crippen molar-refractivity contribution in [2.24, 2.45) is 0 Å². The highest BCUT2D eigenvalue weighted by Gasteiger charge is 2.10. The summed E-state index contributed by atoms with van der Waals surface area (Å²) in [5.74, 6) is -0.376. The maximum absolute atomic E-state index is 12.3. The van der Waals surface area contributed by atoms with Crippen LogP contribution in [0.25, 0.3) is 0 Å². The number of hydrogen-bond donors (Lipinski definition) is 2. The first-order chi connectivity index (χ1) is 12.5. The summed E-state index contributed by atoms with van der Waals surface area (Å²) < 4.78 is 0. The Bertz CT molecular complexity index is 980. The number of carbonyl (C=O) groups excluding carboxylic acids is 1. The third kappa shape index (κ3) is 4.31. The molecule has 0 saturated carbocycles. The molecular weight excluding hydrogens is 371 g/mol. The van der Waals surface area contributed by atoms with Crippen LogP contribution in [0.5, 0.6) is 0 Å². The number of hydrogen-bond acceptors (Lipinski definition) is 4. The lowest BCUT2D eigenvalue weighted by molar-refractivity contribution is 0.102. The van der Waals surface area contributed by atoms with Gasteiger partial charge in [-0.25, -0.2) is 4.98 Å². The van der Waals surface area contributed by atoms with E-state index in [-0.39, 0.29) is 11.6 Å². The molecule has 1 aromatic heterocycles. The molecular formula is C19H12Cl2N4O. The molecule has 0 aliphatic carbocycles. The minimum Gasteiger partial charge on any atom is -0.354 e. The van der Waals surface area contributed by atoms with Crippen molar-refractivity contribution in [3.8, 4) is 6.07 Å². The van der Waals surface area contributed by atoms with E-state index in [0.717, 1.165) is 11.4 Å². The quantitative estimate of drug-likeness (QED) is 0.645. The molecule has 2 aromatic carbocycles. The minimum atomic E-state index is -0.376. The Labute approximate surface area is 160 Å². The topological polar surface area (TPSA) is 77.8 Å². The van der Waals surface area contributed by atoms with Gasteiger partial charge in [-0.2, -0.15) is 5.26 Å². The summed E-state index contributed by atoms with van der Waals surface area (Å²) in [5.41, 5.74) is 2.83. The zero-order valence-electron chi connectivity index (χ0n) is 13.3. The minimum absolute atomic E-state index is 0.251. The van der Waals surface area contributed by atoms with Gasteiger partial charge in [0.2, 0.25) is 0 Å². The fourth-order valence-corrected chi connectivity index (χ4v) is 2.63. The molecule has 5 nitrogen and oxygen atoms in total. The number of benzene rings is 2. The Morgan fingerprint density at radius 3 is 2.35 bits per heavy atom. The van der Waals surface area contributed by atoms with Crippen molar-refractivity contribution in [1.29, 1.82) is 5.26 Å². The average molecular weight is 383 g/mol. The van der Waals surface area contributed by atoms with E-state index >= 15 is 0 Å². The van der Waals surface area contributed by atoms with Crippen molar-refractivity contribution in [1.82, 2.24) is 4.98 Å². The van der Waals surface area contributed by atoms with E-state index in [1.807, 2.05) is 0 Å². The van der Waals surface area contributed by atoms with E-state index in [9.17, 15) is 4.79 Å². The highest BCUT2D eigenvalue weighted by Crippen LogP contribution is 2.25. The predicted octanol–water partition coefficient (Wildman–Crippen LogP) is 5.26. The average Bonchev–Trinajstić information content (AvgIpc) is 2.65. The largest absolute Gasteiger partial charge is 0.354 e. The molecule has 1 amide bonds. The van der Waals surface area contributed by atoms with Crippen LogP contribution in [0, 0.1) is 11.3 Å². The lowest BCUT2D eigenvalue weighted by Crippen LogP contribution is -2.13. The second-order valence-corrected chi connectivity index (χ2v) is 6.17. The summed E-state index contributed by atoms with van der Waals surface area (Å²) in [6.45, 7) is 0. The Kier molecular flexibility index (Phi) is 5.37. The first kappa shape index (κ1) is 17.7. The van der Waals surface area contributed by atoms with Gasteiger partial charge >= 0.3 is 0 Å². The van der Waals surface area contributed by atoms with Crippen LogP contribution in [0.1, 0.15) is 16.1 Å². The van der Waals surface area contributed by atoms with Gasteiger partial charge in [-0.1, -0.05) is 23.2 Å². The first-order valence-corrected chi connectivity index (χ1v) is 8.30. The number of halogens is 2. The van der Waals surface area contributed by atoms with Gasteiger partial charge in [0, 0.05) is 10.7 Å². The third-order valence-corrected chi connectivity index (χ3v) is 4.03. The van der Waals surface area contributed by atoms with Gasteiger partial charge < -0.3 is 10.6 Å². The molecule has 0 bridgehead atoms. The standard InChI is InChI=1S/C19H12Cl2N4O/c20-13-3-7-17(16(21)9-13)25-19(26)18-8-6-15(11-23-18)24-14-4-1-12(10-22)2-5-14/h1-9,11,24H,(H,25,26). The van der Waals surface area contributed by atoms with Crippen molar-refractivity contribution in [2.45, 2.75) is 0 Å². The highest BCUT2D eigenvalue weighted by atomic mass is 35.5. The monoisotopic (exact) mass is 382 g/mol. The SMILES string of the molecule is N#Cc1ccc(Nc2ccc(C(=O)Nc3ccc(Cl)cc3Cl)nc2)cc1. The molecule has 0 fully saturated rings. The molecule has 128 valence electrons. The fraction of sp³-hybridized carbons (Fsp3) is 0. The molecule has 0 unspecified atom stereocenters. The number of nitrogens with zero attached hydrogens (tertiary/aromatic N) is 2. The Morgan fingerprint density at radius 2 is 1.73 bits per heavy atom. The number of rotatable bonds is 4. The zero-order chi connectivity index (χ0) is 18.5. The summed E-state index contributed by atoms with van der Waals surface area (Å²) in [5, 5.41) is 15.5. The number of nitriles is 1. The Morgan fingerprint density at radius 1 is 1.00 bits per heavy atom. The van der Waals surface area contributed by atoms with Crippen LogP contribution in [-0.2, 0) is 0 Å². The number of pyridine rings is 1. The number of anilines is 3. The van der Waals surface area contributed by atoms with Gasteiger partial charge in [-0.3, -0.25) is 4.79 Å². The molecule has 0 radical (unpaired) electrons. The number of nitrogens with one attached hydrogen (secondary N) is 2. The molecule has 0 aliphatic rings. The molecule has 3 rings (SSSR count). The summed E-state index contributed by atoms with van der Waals surface area (Å²) in [7, 11) is 0. The number of aromatic nitrogens is 1. The summed E-state index contributed by atoms with van der Waals surface area (Å²) in [4.78, 5) is 16.4. The van der Waals surface area contributed by atoms with Gasteiger partial charge in [0.1, 0.15) is 5.69 Å². The molecule has 26 heavy (non-hydrogen) atoms. The van der Waals surface area contributed by atoms with Crippen LogP contribution in [-0.4, -0.2) is 10.9 Å². The fourth-order valence-electron chi connectivity index (χ4n) is 2.17. The molecule has 0 aliphatic heterocycles. The molecule has 7 heteroatoms. The maximum Gasteiger partial charge on any atom is 0.274 e. The van der Waals surface area contributed by atoms with Gasteiger partial charge in [-0.15, -0.1) is 0 Å². The van der Waals surface area contributed by atoms with Gasteiger partial charge in [-0.05, 0) is 54.6 Å². The van der Waals surface area contributed by atoms with E-state index in [1.165, 1.54) is 0 Å². The van der Waals surface area contributed by atoms with Crippen molar-refractivity contribution in [3.05, 3.63) is 82.1 Å². The van der Waals surface area contributed by atoms with Gasteiger partial charge in [0.25, 0.3) is 5.91 Å². The second-order valence-electron chi connectivity index (χ2n) is 5.32. The molecule has 0 saturated heterocycles. The number of amides is 1. The maximum atomic E-state index is 12.3. The second kappa shape index (κ2) is 7.87. The zero-order valence-corrected chi connectivity index (χ0v) is 14.8. The van der Waals surface area contributed by atoms with Gasteiger partial charge in [0.05, 0.1) is 34.2 Å². The lowest BCUT2D eigenvalue weighted by atomic mass is 10.2. The van der Waals surface area contributed by atoms with Crippen molar-refractivity contribution >= 4 is 46.2 Å². The van der Waals surface area contributed by atoms with Crippen LogP contribution in [0.15, 0.2) is 60.8 Å². The lowest BCUT2D eigenvalue weighted by Gasteiger charge is -2.09. The van der Waals surface area contributed by atoms with Crippen LogP contribution < -0.4 is 10.6 Å². The molecule has 1 heterocycles. The summed E-state index contributed by atoms with van der Waals surface area (Å²) in [6.07, 6.45) is 1.55. The number of carbonyl (C=O) groups is 1. The van der Waals surface area contributed by atoms with Crippen LogP contribution >= 0.6 is 23.2 Å². The molecule has 2 N–H and O–H groups in total. The van der Waals surface area contributed by atoms with Crippen molar-refractivity contribution in [2.75, 3.05) is 10.6 Å². The van der Waals surface area contributed by atoms with E-state index < -0.39 is 0 Å². The van der Waals surface area contributed by atoms with Gasteiger partial charge in [0.15, 0.2) is 0 Å². The molecule has 3 aromatic rings. The Hall–Kier alpha value is -3.07. The van der Waals surface area contributed by atoms with Crippen LogP contribution in [0.4, 0.5) is 17.1 Å². The van der Waals surface area contributed by atoms with E-state index in [0.29, 0.717) is 21.3 Å². The third-order valence-electron chi connectivity index (χ3n) is 3.48. The van der Waals surface area contributed by atoms with E-state index in [4.69, 9.17) is 28.5 Å². The highest BCUT2D eigenvalue weighted by molar-refractivity contribution is 6.36. The van der Waals surface area contributed by atoms with Crippen molar-refractivity contribution in [3.63, 3.8) is 0 Å². The first-order valence-electron chi connectivity index (χ1n) is 7.55. The molecule has 0 spiro atoms. The normalized spacial score (nSPS) is 10.0. The Balaban J connectivity index is 1.68. The predicted molar refractivity (Wildman–Crippen MR) is 103 cm³/mol. The summed E-state index contributed by atoms with van der Waals surface area (Å²) in [6, 6.07) is 17.2. The van der Waals surface area contributed by atoms with Crippen LogP contribution in [0.3, 0.4) is 0 Å². The van der Waals surface area contributed by atoms with Crippen molar-refractivity contribution < 1.29 is 4.79 Å². The van der Waals surface area contributed by atoms with Crippen LogP contribution in [0.2, 0.25) is 10.0 Å².